The Hall–Kier alpha value is -1.81. The summed E-state index contributed by atoms with van der Waals surface area (Å²) in [7, 11) is 1.88. The molecule has 1 unspecified atom stereocenters. The van der Waals surface area contributed by atoms with Crippen molar-refractivity contribution in [2.24, 2.45) is 7.05 Å². The van der Waals surface area contributed by atoms with Gasteiger partial charge >= 0.3 is 5.97 Å². The molecule has 1 aromatic heterocycles. The maximum Gasteiger partial charge on any atom is 0.336 e. The molecule has 0 aliphatic heterocycles. The number of aromatic nitrogens is 1. The highest BCUT2D eigenvalue weighted by molar-refractivity contribution is 5.97. The Morgan fingerprint density at radius 1 is 1.33 bits per heavy atom. The van der Waals surface area contributed by atoms with Gasteiger partial charge in [0.05, 0.1) is 11.7 Å². The van der Waals surface area contributed by atoms with Crippen LogP contribution in [0.4, 0.5) is 0 Å². The number of nitrogens with zero attached hydrogens (tertiary/aromatic N) is 1. The second-order valence-electron chi connectivity index (χ2n) is 4.72. The summed E-state index contributed by atoms with van der Waals surface area (Å²) in [6.07, 6.45) is -0.566. The van der Waals surface area contributed by atoms with Gasteiger partial charge in [-0.2, -0.15) is 0 Å². The first kappa shape index (κ1) is 12.6. The fourth-order valence-corrected chi connectivity index (χ4v) is 2.50. The van der Waals surface area contributed by atoms with Crippen molar-refractivity contribution in [3.63, 3.8) is 0 Å². The Kier molecular flexibility index (Phi) is 2.91. The molecule has 0 aliphatic carbocycles. The maximum absolute atomic E-state index is 11.1. The number of aliphatic hydroxyl groups excluding tert-OH is 1. The lowest BCUT2D eigenvalue weighted by atomic mass is 10.0. The van der Waals surface area contributed by atoms with Gasteiger partial charge in [-0.05, 0) is 38.5 Å². The van der Waals surface area contributed by atoms with Crippen molar-refractivity contribution >= 4 is 16.9 Å². The zero-order chi connectivity index (χ0) is 13.6. The van der Waals surface area contributed by atoms with Crippen molar-refractivity contribution in [2.45, 2.75) is 26.9 Å². The third kappa shape index (κ3) is 1.69. The summed E-state index contributed by atoms with van der Waals surface area (Å²) in [6.45, 7) is 5.43. The molecule has 2 aromatic rings. The highest BCUT2D eigenvalue weighted by Gasteiger charge is 2.18. The highest BCUT2D eigenvalue weighted by atomic mass is 16.4. The molecule has 4 nitrogen and oxygen atoms in total. The quantitative estimate of drug-likeness (QED) is 0.857. The van der Waals surface area contributed by atoms with E-state index in [0.717, 1.165) is 22.2 Å². The highest BCUT2D eigenvalue weighted by Crippen LogP contribution is 2.31. The normalized spacial score (nSPS) is 12.9. The number of rotatable bonds is 2. The van der Waals surface area contributed by atoms with Gasteiger partial charge in [-0.25, -0.2) is 4.79 Å². The maximum atomic E-state index is 11.1. The summed E-state index contributed by atoms with van der Waals surface area (Å²) in [4.78, 5) is 11.1. The Balaban J connectivity index is 2.89. The zero-order valence-corrected chi connectivity index (χ0v) is 11.0. The number of carbonyl (C=O) groups is 1. The van der Waals surface area contributed by atoms with Crippen LogP contribution in [0.3, 0.4) is 0 Å². The van der Waals surface area contributed by atoms with Crippen LogP contribution >= 0.6 is 0 Å². The summed E-state index contributed by atoms with van der Waals surface area (Å²) in [5.41, 5.74) is 3.68. The average Bonchev–Trinajstić information content (AvgIpc) is 2.50. The summed E-state index contributed by atoms with van der Waals surface area (Å²) >= 11 is 0. The molecule has 0 radical (unpaired) electrons. The lowest BCUT2D eigenvalue weighted by Crippen LogP contribution is -2.00. The van der Waals surface area contributed by atoms with E-state index in [0.29, 0.717) is 11.1 Å². The largest absolute Gasteiger partial charge is 0.478 e. The van der Waals surface area contributed by atoms with E-state index < -0.39 is 12.1 Å². The van der Waals surface area contributed by atoms with E-state index in [2.05, 4.69) is 0 Å². The summed E-state index contributed by atoms with van der Waals surface area (Å²) in [5, 5.41) is 19.9. The van der Waals surface area contributed by atoms with Crippen LogP contribution in [0.25, 0.3) is 10.9 Å². The van der Waals surface area contributed by atoms with Crippen molar-refractivity contribution in [1.82, 2.24) is 4.57 Å². The van der Waals surface area contributed by atoms with Crippen LogP contribution < -0.4 is 0 Å². The average molecular weight is 247 g/mol. The minimum atomic E-state index is -0.924. The van der Waals surface area contributed by atoms with E-state index in [9.17, 15) is 9.90 Å². The van der Waals surface area contributed by atoms with Gasteiger partial charge in [0.15, 0.2) is 0 Å². The first-order valence-electron chi connectivity index (χ1n) is 5.85. The van der Waals surface area contributed by atoms with Gasteiger partial charge in [0.25, 0.3) is 0 Å². The molecule has 2 rings (SSSR count). The number of hydrogen-bond donors (Lipinski definition) is 2. The van der Waals surface area contributed by atoms with Gasteiger partial charge in [-0.3, -0.25) is 0 Å². The van der Waals surface area contributed by atoms with E-state index in [1.807, 2.05) is 24.6 Å². The van der Waals surface area contributed by atoms with Crippen LogP contribution in [0.15, 0.2) is 12.1 Å². The zero-order valence-electron chi connectivity index (χ0n) is 11.0. The lowest BCUT2D eigenvalue weighted by Gasteiger charge is -2.05. The van der Waals surface area contributed by atoms with Gasteiger partial charge in [0.2, 0.25) is 0 Å². The standard InChI is InChI=1S/C14H17NO3/c1-7-5-11-12(6-10(7)14(17)18)15(4)8(2)13(11)9(3)16/h5-6,9,16H,1-4H3,(H,17,18). The molecule has 1 atom stereocenters. The molecule has 0 aliphatic rings. The second kappa shape index (κ2) is 4.14. The monoisotopic (exact) mass is 247 g/mol. The van der Waals surface area contributed by atoms with Crippen molar-refractivity contribution in [3.05, 3.63) is 34.5 Å². The minimum absolute atomic E-state index is 0.306. The molecular formula is C14H17NO3. The molecule has 0 spiro atoms. The lowest BCUT2D eigenvalue weighted by molar-refractivity contribution is 0.0696. The topological polar surface area (TPSA) is 62.5 Å². The Bertz CT molecular complexity index is 638. The van der Waals surface area contributed by atoms with Crippen LogP contribution in [0, 0.1) is 13.8 Å². The first-order valence-corrected chi connectivity index (χ1v) is 5.85. The van der Waals surface area contributed by atoms with E-state index in [1.54, 1.807) is 19.9 Å². The van der Waals surface area contributed by atoms with Crippen LogP contribution in [-0.2, 0) is 7.05 Å². The predicted molar refractivity (Wildman–Crippen MR) is 70.0 cm³/mol. The number of hydrogen-bond acceptors (Lipinski definition) is 2. The van der Waals surface area contributed by atoms with Gasteiger partial charge in [-0.1, -0.05) is 0 Å². The molecule has 4 heteroatoms. The number of fused-ring (bicyclic) bond motifs is 1. The summed E-state index contributed by atoms with van der Waals surface area (Å²) in [6, 6.07) is 3.51. The molecule has 2 N–H and O–H groups in total. The van der Waals surface area contributed by atoms with Crippen LogP contribution in [-0.4, -0.2) is 20.7 Å². The number of aliphatic hydroxyl groups is 1. The van der Waals surface area contributed by atoms with Gasteiger partial charge < -0.3 is 14.8 Å². The van der Waals surface area contributed by atoms with Gasteiger partial charge in [-0.15, -0.1) is 0 Å². The van der Waals surface area contributed by atoms with Crippen molar-refractivity contribution in [2.75, 3.05) is 0 Å². The fourth-order valence-electron chi connectivity index (χ4n) is 2.50. The van der Waals surface area contributed by atoms with Crippen LogP contribution in [0.5, 0.6) is 0 Å². The third-order valence-corrected chi connectivity index (χ3v) is 3.54. The molecule has 0 fully saturated rings. The SMILES string of the molecule is Cc1cc2c(C(C)O)c(C)n(C)c2cc1C(=O)O. The van der Waals surface area contributed by atoms with Gasteiger partial charge in [0.1, 0.15) is 0 Å². The van der Waals surface area contributed by atoms with Crippen LogP contribution in [0.1, 0.15) is 40.2 Å². The molecule has 0 saturated carbocycles. The third-order valence-electron chi connectivity index (χ3n) is 3.54. The Morgan fingerprint density at radius 3 is 2.44 bits per heavy atom. The van der Waals surface area contributed by atoms with Gasteiger partial charge in [0, 0.05) is 29.2 Å². The second-order valence-corrected chi connectivity index (χ2v) is 4.72. The molecule has 1 heterocycles. The molecule has 1 aromatic carbocycles. The van der Waals surface area contributed by atoms with Crippen LogP contribution in [0.2, 0.25) is 0 Å². The van der Waals surface area contributed by atoms with E-state index in [4.69, 9.17) is 5.11 Å². The molecular weight excluding hydrogens is 230 g/mol. The predicted octanol–water partition coefficient (Wildman–Crippen LogP) is 2.55. The van der Waals surface area contributed by atoms with Crippen molar-refractivity contribution < 1.29 is 15.0 Å². The molecule has 18 heavy (non-hydrogen) atoms. The molecule has 0 saturated heterocycles. The van der Waals surface area contributed by atoms with E-state index in [-0.39, 0.29) is 0 Å². The van der Waals surface area contributed by atoms with E-state index >= 15 is 0 Å². The molecule has 96 valence electrons. The molecule has 0 amide bonds. The number of aryl methyl sites for hydroxylation is 2. The first-order chi connectivity index (χ1) is 8.34. The van der Waals surface area contributed by atoms with Crippen molar-refractivity contribution in [1.29, 1.82) is 0 Å². The summed E-state index contributed by atoms with van der Waals surface area (Å²) < 4.78 is 1.92. The van der Waals surface area contributed by atoms with E-state index in [1.165, 1.54) is 0 Å². The summed E-state index contributed by atoms with van der Waals surface area (Å²) in [5.74, 6) is -0.924. The number of carboxylic acid groups (broad SMARTS) is 1. The number of carboxylic acids is 1. The molecule has 0 bridgehead atoms. The number of aromatic carboxylic acids is 1. The Morgan fingerprint density at radius 2 is 1.94 bits per heavy atom. The number of benzene rings is 1. The smallest absolute Gasteiger partial charge is 0.336 e. The Labute approximate surface area is 105 Å². The van der Waals surface area contributed by atoms with Crippen molar-refractivity contribution in [3.8, 4) is 0 Å². The minimum Gasteiger partial charge on any atom is -0.478 e. The fraction of sp³-hybridized carbons (Fsp3) is 0.357.